The number of rotatable bonds is 9. The van der Waals surface area contributed by atoms with Gasteiger partial charge in [-0.25, -0.2) is 16.8 Å². The Balaban J connectivity index is 1.53. The van der Waals surface area contributed by atoms with Gasteiger partial charge in [0.1, 0.15) is 6.54 Å². The van der Waals surface area contributed by atoms with Crippen molar-refractivity contribution in [3.63, 3.8) is 0 Å². The van der Waals surface area contributed by atoms with E-state index in [9.17, 15) is 21.6 Å². The first kappa shape index (κ1) is 27.9. The quantitative estimate of drug-likeness (QED) is 0.289. The average molecular weight is 564 g/mol. The Morgan fingerprint density at radius 2 is 1.28 bits per heavy atom. The number of sulfonamides is 2. The number of benzene rings is 4. The lowest BCUT2D eigenvalue weighted by Crippen LogP contribution is -2.38. The van der Waals surface area contributed by atoms with Crippen molar-refractivity contribution in [2.75, 3.05) is 20.9 Å². The number of nitrogens with one attached hydrogen (secondary N) is 2. The molecular weight excluding hydrogens is 534 g/mol. The Kier molecular flexibility index (Phi) is 8.08. The maximum atomic E-state index is 13.4. The number of hydrogen-bond donors (Lipinski definition) is 2. The molecule has 0 spiro atoms. The third-order valence-electron chi connectivity index (χ3n) is 6.11. The van der Waals surface area contributed by atoms with Crippen LogP contribution in [0.15, 0.2) is 107 Å². The highest BCUT2D eigenvalue weighted by atomic mass is 32.2. The second kappa shape index (κ2) is 11.3. The summed E-state index contributed by atoms with van der Waals surface area (Å²) in [5.41, 5.74) is 3.73. The summed E-state index contributed by atoms with van der Waals surface area (Å²) in [6.07, 6.45) is 0. The monoisotopic (exact) mass is 563 g/mol. The minimum atomic E-state index is -4.03. The van der Waals surface area contributed by atoms with Crippen molar-refractivity contribution in [3.05, 3.63) is 114 Å². The molecule has 4 rings (SSSR count). The molecule has 0 fully saturated rings. The molecular formula is C29H29N3O5S2. The molecule has 0 bridgehead atoms. The van der Waals surface area contributed by atoms with Crippen LogP contribution in [0.4, 0.5) is 17.1 Å². The van der Waals surface area contributed by atoms with Crippen LogP contribution in [0.25, 0.3) is 0 Å². The first-order chi connectivity index (χ1) is 18.5. The van der Waals surface area contributed by atoms with Crippen molar-refractivity contribution >= 4 is 43.0 Å². The lowest BCUT2D eigenvalue weighted by atomic mass is 10.1. The van der Waals surface area contributed by atoms with Gasteiger partial charge < -0.3 is 5.32 Å². The summed E-state index contributed by atoms with van der Waals surface area (Å²) in [7, 11) is -7.89. The highest BCUT2D eigenvalue weighted by molar-refractivity contribution is 7.93. The highest BCUT2D eigenvalue weighted by Gasteiger charge is 2.27. The molecule has 0 atom stereocenters. The van der Waals surface area contributed by atoms with E-state index in [1.165, 1.54) is 36.4 Å². The van der Waals surface area contributed by atoms with Gasteiger partial charge in [0.15, 0.2) is 0 Å². The molecule has 2 N–H and O–H groups in total. The molecule has 0 aliphatic rings. The highest BCUT2D eigenvalue weighted by Crippen LogP contribution is 2.26. The normalized spacial score (nSPS) is 11.6. The Bertz CT molecular complexity index is 1670. The van der Waals surface area contributed by atoms with Gasteiger partial charge in [-0.1, -0.05) is 54.1 Å². The van der Waals surface area contributed by atoms with Crippen molar-refractivity contribution in [2.45, 2.75) is 30.6 Å². The van der Waals surface area contributed by atoms with Gasteiger partial charge in [-0.05, 0) is 80.4 Å². The molecule has 0 unspecified atom stereocenters. The molecule has 39 heavy (non-hydrogen) atoms. The van der Waals surface area contributed by atoms with E-state index in [2.05, 4.69) is 10.0 Å². The van der Waals surface area contributed by atoms with Gasteiger partial charge in [0.05, 0.1) is 21.2 Å². The van der Waals surface area contributed by atoms with E-state index in [-0.39, 0.29) is 9.79 Å². The van der Waals surface area contributed by atoms with Gasteiger partial charge in [-0.3, -0.25) is 13.8 Å². The number of anilines is 3. The fourth-order valence-electron chi connectivity index (χ4n) is 3.96. The van der Waals surface area contributed by atoms with E-state index in [4.69, 9.17) is 0 Å². The zero-order valence-corrected chi connectivity index (χ0v) is 23.4. The topological polar surface area (TPSA) is 113 Å². The fraction of sp³-hybridized carbons (Fsp3) is 0.138. The number of carbonyl (C=O) groups excluding carboxylic acids is 1. The van der Waals surface area contributed by atoms with Crippen LogP contribution in [0.5, 0.6) is 0 Å². The zero-order chi connectivity index (χ0) is 28.2. The summed E-state index contributed by atoms with van der Waals surface area (Å²) in [5.74, 6) is -0.584. The van der Waals surface area contributed by atoms with Gasteiger partial charge in [0.2, 0.25) is 5.91 Å². The molecule has 202 valence electrons. The first-order valence-electron chi connectivity index (χ1n) is 12.1. The second-order valence-electron chi connectivity index (χ2n) is 9.11. The van der Waals surface area contributed by atoms with Gasteiger partial charge >= 0.3 is 0 Å². The average Bonchev–Trinajstić information content (AvgIpc) is 2.91. The summed E-state index contributed by atoms with van der Waals surface area (Å²) < 4.78 is 56.4. The van der Waals surface area contributed by atoms with Gasteiger partial charge in [0, 0.05) is 5.69 Å². The third-order valence-corrected chi connectivity index (χ3v) is 9.26. The Morgan fingerprint density at radius 1 is 0.692 bits per heavy atom. The van der Waals surface area contributed by atoms with Crippen LogP contribution >= 0.6 is 0 Å². The second-order valence-corrected chi connectivity index (χ2v) is 12.6. The molecule has 0 radical (unpaired) electrons. The van der Waals surface area contributed by atoms with Crippen LogP contribution in [0.2, 0.25) is 0 Å². The molecule has 4 aromatic carbocycles. The molecule has 4 aromatic rings. The molecule has 0 saturated carbocycles. The number of amides is 1. The van der Waals surface area contributed by atoms with Crippen LogP contribution < -0.4 is 14.3 Å². The van der Waals surface area contributed by atoms with Crippen LogP contribution in [-0.2, 0) is 24.8 Å². The summed E-state index contributed by atoms with van der Waals surface area (Å²) in [6.45, 7) is 5.05. The van der Waals surface area contributed by atoms with Crippen molar-refractivity contribution in [2.24, 2.45) is 0 Å². The Morgan fingerprint density at radius 3 is 1.87 bits per heavy atom. The van der Waals surface area contributed by atoms with E-state index in [0.29, 0.717) is 17.1 Å². The molecule has 0 aliphatic heterocycles. The summed E-state index contributed by atoms with van der Waals surface area (Å²) in [5, 5.41) is 2.66. The van der Waals surface area contributed by atoms with E-state index >= 15 is 0 Å². The summed E-state index contributed by atoms with van der Waals surface area (Å²) in [6, 6.07) is 25.9. The standard InChI is InChI=1S/C29H29N3O5S2/c1-21-12-16-25(17-13-21)32(39(36,37)27-10-5-4-6-11-27)20-28(33)30-24-14-18-26(19-15-24)38(34,35)31-29-22(2)8-7-9-23(29)3/h4-19,31H,20H2,1-3H3,(H,30,33). The molecule has 0 saturated heterocycles. The van der Waals surface area contributed by atoms with Crippen molar-refractivity contribution in [1.29, 1.82) is 0 Å². The van der Waals surface area contributed by atoms with Crippen LogP contribution in [0.3, 0.4) is 0 Å². The van der Waals surface area contributed by atoms with Crippen molar-refractivity contribution < 1.29 is 21.6 Å². The molecule has 10 heteroatoms. The van der Waals surface area contributed by atoms with E-state index in [0.717, 1.165) is 21.0 Å². The van der Waals surface area contributed by atoms with Gasteiger partial charge in [-0.2, -0.15) is 0 Å². The minimum absolute atomic E-state index is 0.0242. The lowest BCUT2D eigenvalue weighted by molar-refractivity contribution is -0.114. The lowest BCUT2D eigenvalue weighted by Gasteiger charge is -2.24. The molecule has 0 aromatic heterocycles. The minimum Gasteiger partial charge on any atom is -0.325 e. The Labute approximate surface area is 229 Å². The maximum Gasteiger partial charge on any atom is 0.264 e. The molecule has 1 amide bonds. The van der Waals surface area contributed by atoms with Gasteiger partial charge in [-0.15, -0.1) is 0 Å². The number of carbonyl (C=O) groups is 1. The SMILES string of the molecule is Cc1ccc(N(CC(=O)Nc2ccc(S(=O)(=O)Nc3c(C)cccc3C)cc2)S(=O)(=O)c2ccccc2)cc1. The fourth-order valence-corrected chi connectivity index (χ4v) is 6.61. The number of nitrogens with zero attached hydrogens (tertiary/aromatic N) is 1. The summed E-state index contributed by atoms with van der Waals surface area (Å²) >= 11 is 0. The van der Waals surface area contributed by atoms with Crippen molar-refractivity contribution in [3.8, 4) is 0 Å². The first-order valence-corrected chi connectivity index (χ1v) is 15.0. The predicted octanol–water partition coefficient (Wildman–Crippen LogP) is 5.25. The van der Waals surface area contributed by atoms with E-state index in [1.807, 2.05) is 39.0 Å². The van der Waals surface area contributed by atoms with E-state index < -0.39 is 32.5 Å². The van der Waals surface area contributed by atoms with Crippen LogP contribution in [-0.4, -0.2) is 29.3 Å². The van der Waals surface area contributed by atoms with Crippen molar-refractivity contribution in [1.82, 2.24) is 0 Å². The summed E-state index contributed by atoms with van der Waals surface area (Å²) in [4.78, 5) is 13.1. The zero-order valence-electron chi connectivity index (χ0n) is 21.7. The Hall–Kier alpha value is -4.15. The van der Waals surface area contributed by atoms with Gasteiger partial charge in [0.25, 0.3) is 20.0 Å². The molecule has 8 nitrogen and oxygen atoms in total. The largest absolute Gasteiger partial charge is 0.325 e. The smallest absolute Gasteiger partial charge is 0.264 e. The van der Waals surface area contributed by atoms with Crippen LogP contribution in [0.1, 0.15) is 16.7 Å². The number of aryl methyl sites for hydroxylation is 3. The number of hydrogen-bond acceptors (Lipinski definition) is 5. The molecule has 0 aliphatic carbocycles. The number of para-hydroxylation sites is 1. The third kappa shape index (κ3) is 6.47. The molecule has 0 heterocycles. The van der Waals surface area contributed by atoms with Crippen LogP contribution in [0, 0.1) is 20.8 Å². The van der Waals surface area contributed by atoms with E-state index in [1.54, 1.807) is 42.5 Å². The predicted molar refractivity (Wildman–Crippen MR) is 154 cm³/mol. The maximum absolute atomic E-state index is 13.4.